The molecule has 0 saturated carbocycles. The van der Waals surface area contributed by atoms with Crippen LogP contribution in [0.4, 0.5) is 5.69 Å². The van der Waals surface area contributed by atoms with Gasteiger partial charge in [-0.2, -0.15) is 0 Å². The molecule has 0 bridgehead atoms. The highest BCUT2D eigenvalue weighted by Gasteiger charge is 2.32. The number of sulfonamides is 1. The predicted molar refractivity (Wildman–Crippen MR) is 131 cm³/mol. The van der Waals surface area contributed by atoms with Crippen molar-refractivity contribution in [3.05, 3.63) is 81.5 Å². The molecule has 1 aliphatic heterocycles. The van der Waals surface area contributed by atoms with Crippen molar-refractivity contribution in [2.45, 2.75) is 23.9 Å². The van der Waals surface area contributed by atoms with E-state index in [0.29, 0.717) is 0 Å². The van der Waals surface area contributed by atoms with Crippen LogP contribution in [0.25, 0.3) is 0 Å². The highest BCUT2D eigenvalue weighted by molar-refractivity contribution is 9.10. The lowest BCUT2D eigenvalue weighted by atomic mass is 10.1. The lowest BCUT2D eigenvalue weighted by molar-refractivity contribution is 0.164. The SMILES string of the molecule is CC(NS(=O)(=O)c1ccc(Br)cc1)C(c1cccs1)N1CCN(c2ccccc2)CC1. The average molecular weight is 521 g/mol. The Kier molecular flexibility index (Phi) is 7.13. The number of para-hydroxylation sites is 1. The minimum atomic E-state index is -3.61. The first-order valence-corrected chi connectivity index (χ1v) is 13.4. The first kappa shape index (κ1) is 22.5. The van der Waals surface area contributed by atoms with E-state index in [-0.39, 0.29) is 17.0 Å². The Hall–Kier alpha value is -1.71. The van der Waals surface area contributed by atoms with E-state index in [2.05, 4.69) is 66.2 Å². The molecule has 2 aromatic carbocycles. The molecule has 0 aliphatic carbocycles. The van der Waals surface area contributed by atoms with Crippen LogP contribution in [0, 0.1) is 0 Å². The third-order valence-corrected chi connectivity index (χ3v) is 8.65. The molecule has 5 nitrogen and oxygen atoms in total. The summed E-state index contributed by atoms with van der Waals surface area (Å²) in [6.45, 7) is 5.55. The summed E-state index contributed by atoms with van der Waals surface area (Å²) < 4.78 is 29.8. The van der Waals surface area contributed by atoms with Crippen molar-refractivity contribution in [1.82, 2.24) is 9.62 Å². The van der Waals surface area contributed by atoms with Crippen molar-refractivity contribution >= 4 is 43.0 Å². The van der Waals surface area contributed by atoms with Gasteiger partial charge in [0.2, 0.25) is 10.0 Å². The first-order chi connectivity index (χ1) is 14.9. The molecule has 2 unspecified atom stereocenters. The van der Waals surface area contributed by atoms with Gasteiger partial charge in [0.1, 0.15) is 0 Å². The number of hydrogen-bond acceptors (Lipinski definition) is 5. The number of hydrogen-bond donors (Lipinski definition) is 1. The lowest BCUT2D eigenvalue weighted by Gasteiger charge is -2.42. The smallest absolute Gasteiger partial charge is 0.240 e. The van der Waals surface area contributed by atoms with Crippen LogP contribution < -0.4 is 9.62 Å². The highest BCUT2D eigenvalue weighted by atomic mass is 79.9. The van der Waals surface area contributed by atoms with Gasteiger partial charge in [0.25, 0.3) is 0 Å². The maximum Gasteiger partial charge on any atom is 0.240 e. The maximum absolute atomic E-state index is 13.0. The van der Waals surface area contributed by atoms with Crippen molar-refractivity contribution < 1.29 is 8.42 Å². The predicted octanol–water partition coefficient (Wildman–Crippen LogP) is 4.74. The number of anilines is 1. The van der Waals surface area contributed by atoms with Crippen molar-refractivity contribution in [3.8, 4) is 0 Å². The van der Waals surface area contributed by atoms with E-state index < -0.39 is 10.0 Å². The molecular weight excluding hydrogens is 494 g/mol. The fraction of sp³-hybridized carbons (Fsp3) is 0.304. The van der Waals surface area contributed by atoms with Crippen molar-refractivity contribution in [1.29, 1.82) is 0 Å². The Morgan fingerprint density at radius 1 is 0.935 bits per heavy atom. The number of nitrogens with zero attached hydrogens (tertiary/aromatic N) is 2. The summed E-state index contributed by atoms with van der Waals surface area (Å²) in [4.78, 5) is 6.25. The lowest BCUT2D eigenvalue weighted by Crippen LogP contribution is -2.52. The Balaban J connectivity index is 1.50. The molecule has 4 rings (SSSR count). The number of nitrogens with one attached hydrogen (secondary N) is 1. The molecule has 1 N–H and O–H groups in total. The van der Waals surface area contributed by atoms with E-state index in [1.807, 2.05) is 19.1 Å². The van der Waals surface area contributed by atoms with Crippen molar-refractivity contribution in [2.24, 2.45) is 0 Å². The zero-order valence-electron chi connectivity index (χ0n) is 17.3. The zero-order valence-corrected chi connectivity index (χ0v) is 20.5. The van der Waals surface area contributed by atoms with Crippen LogP contribution >= 0.6 is 27.3 Å². The molecule has 31 heavy (non-hydrogen) atoms. The van der Waals surface area contributed by atoms with Crippen LogP contribution in [0.2, 0.25) is 0 Å². The van der Waals surface area contributed by atoms with E-state index >= 15 is 0 Å². The molecule has 2 heterocycles. The summed E-state index contributed by atoms with van der Waals surface area (Å²) in [6, 6.07) is 21.0. The van der Waals surface area contributed by atoms with Gasteiger partial charge < -0.3 is 4.90 Å². The van der Waals surface area contributed by atoms with E-state index in [0.717, 1.165) is 30.7 Å². The van der Waals surface area contributed by atoms with Crippen LogP contribution in [0.5, 0.6) is 0 Å². The minimum absolute atomic E-state index is 0.0110. The highest BCUT2D eigenvalue weighted by Crippen LogP contribution is 2.31. The molecule has 0 radical (unpaired) electrons. The summed E-state index contributed by atoms with van der Waals surface area (Å²) in [5.74, 6) is 0. The molecule has 2 atom stereocenters. The quantitative estimate of drug-likeness (QED) is 0.489. The van der Waals surface area contributed by atoms with Gasteiger partial charge in [0.15, 0.2) is 0 Å². The third kappa shape index (κ3) is 5.38. The molecule has 0 spiro atoms. The fourth-order valence-corrected chi connectivity index (χ4v) is 6.57. The van der Waals surface area contributed by atoms with Crippen molar-refractivity contribution in [2.75, 3.05) is 31.1 Å². The van der Waals surface area contributed by atoms with Crippen LogP contribution in [0.3, 0.4) is 0 Å². The summed E-state index contributed by atoms with van der Waals surface area (Å²) >= 11 is 5.04. The molecule has 1 fully saturated rings. The molecule has 3 aromatic rings. The van der Waals surface area contributed by atoms with Gasteiger partial charge in [-0.05, 0) is 54.8 Å². The van der Waals surface area contributed by atoms with E-state index in [1.54, 1.807) is 35.6 Å². The van der Waals surface area contributed by atoms with Gasteiger partial charge in [-0.15, -0.1) is 11.3 Å². The van der Waals surface area contributed by atoms with Gasteiger partial charge in [-0.1, -0.05) is 40.2 Å². The zero-order chi connectivity index (χ0) is 21.8. The van der Waals surface area contributed by atoms with Crippen molar-refractivity contribution in [3.63, 3.8) is 0 Å². The number of piperazine rings is 1. The van der Waals surface area contributed by atoms with E-state index in [4.69, 9.17) is 0 Å². The van der Waals surface area contributed by atoms with Gasteiger partial charge >= 0.3 is 0 Å². The summed E-state index contributed by atoms with van der Waals surface area (Å²) in [6.07, 6.45) is 0. The topological polar surface area (TPSA) is 52.7 Å². The third-order valence-electron chi connectivity index (χ3n) is 5.60. The van der Waals surface area contributed by atoms with Gasteiger partial charge in [-0.25, -0.2) is 13.1 Å². The second-order valence-corrected chi connectivity index (χ2v) is 11.3. The number of thiophene rings is 1. The van der Waals surface area contributed by atoms with Gasteiger partial charge in [0, 0.05) is 47.3 Å². The molecule has 164 valence electrons. The second-order valence-electron chi connectivity index (χ2n) is 7.68. The second kappa shape index (κ2) is 9.83. The maximum atomic E-state index is 13.0. The number of rotatable bonds is 7. The Bertz CT molecular complexity index is 1070. The Morgan fingerprint density at radius 3 is 2.23 bits per heavy atom. The van der Waals surface area contributed by atoms with E-state index in [9.17, 15) is 8.42 Å². The molecule has 1 aliphatic rings. The summed E-state index contributed by atoms with van der Waals surface area (Å²) in [7, 11) is -3.61. The monoisotopic (exact) mass is 519 g/mol. The van der Waals surface area contributed by atoms with Crippen LogP contribution in [-0.2, 0) is 10.0 Å². The van der Waals surface area contributed by atoms with Crippen LogP contribution in [0.1, 0.15) is 17.8 Å². The molecular formula is C23H26BrN3O2S2. The molecule has 0 amide bonds. The minimum Gasteiger partial charge on any atom is -0.369 e. The Morgan fingerprint density at radius 2 is 1.61 bits per heavy atom. The normalized spacial score (nSPS) is 17.4. The van der Waals surface area contributed by atoms with Crippen LogP contribution in [0.15, 0.2) is 81.5 Å². The summed E-state index contributed by atoms with van der Waals surface area (Å²) in [5, 5.41) is 2.05. The fourth-order valence-electron chi connectivity index (χ4n) is 4.09. The standard InChI is InChI=1S/C23H26BrN3O2S2/c1-18(25-31(28,29)21-11-9-19(24)10-12-21)23(22-8-5-17-30-22)27-15-13-26(14-16-27)20-6-3-2-4-7-20/h2-12,17-18,23,25H,13-16H2,1H3. The number of benzene rings is 2. The first-order valence-electron chi connectivity index (χ1n) is 10.3. The molecule has 1 saturated heterocycles. The Labute approximate surface area is 196 Å². The van der Waals surface area contributed by atoms with Crippen LogP contribution in [-0.4, -0.2) is 45.5 Å². The van der Waals surface area contributed by atoms with E-state index in [1.165, 1.54) is 10.6 Å². The summed E-state index contributed by atoms with van der Waals surface area (Å²) in [5.41, 5.74) is 1.24. The molecule has 1 aromatic heterocycles. The molecule has 8 heteroatoms. The number of halogens is 1. The largest absolute Gasteiger partial charge is 0.369 e. The van der Waals surface area contributed by atoms with Gasteiger partial charge in [0.05, 0.1) is 10.9 Å². The van der Waals surface area contributed by atoms with Gasteiger partial charge in [-0.3, -0.25) is 4.90 Å². The average Bonchev–Trinajstić information content (AvgIpc) is 3.29.